The number of rotatable bonds is 7. The number of anilines is 2. The van der Waals surface area contributed by atoms with Crippen LogP contribution in [0.3, 0.4) is 0 Å². The molecule has 1 saturated heterocycles. The summed E-state index contributed by atoms with van der Waals surface area (Å²) in [6, 6.07) is 12.8. The lowest BCUT2D eigenvalue weighted by Crippen LogP contribution is -2.32. The number of ether oxygens (including phenoxy) is 1. The van der Waals surface area contributed by atoms with E-state index in [1.165, 1.54) is 0 Å². The van der Waals surface area contributed by atoms with Crippen LogP contribution >= 0.6 is 0 Å². The summed E-state index contributed by atoms with van der Waals surface area (Å²) in [4.78, 5) is 26.3. The van der Waals surface area contributed by atoms with Crippen molar-refractivity contribution in [2.24, 2.45) is 5.92 Å². The molecule has 1 aliphatic heterocycles. The topological polar surface area (TPSA) is 78.9 Å². The van der Waals surface area contributed by atoms with Crippen LogP contribution in [0.4, 0.5) is 11.4 Å². The maximum absolute atomic E-state index is 12.4. The van der Waals surface area contributed by atoms with Gasteiger partial charge in [0.2, 0.25) is 5.91 Å². The molecule has 1 amide bonds. The average Bonchev–Trinajstić information content (AvgIpc) is 2.73. The largest absolute Gasteiger partial charge is 0.497 e. The zero-order valence-electron chi connectivity index (χ0n) is 17.0. The standard InChI is InChI=1S/C23H28N2O4/c1-16-11-13-25(14-12-16)18-6-9-21(20(15-18)23(27)28)24-22(26)10-5-17-3-7-19(29-2)8-4-17/h3-4,6-9,15-16H,5,10-14H2,1-2H3,(H,24,26)(H,27,28). The number of carboxylic acid groups (broad SMARTS) is 1. The van der Waals surface area contributed by atoms with E-state index in [0.717, 1.165) is 42.9 Å². The molecule has 6 heteroatoms. The summed E-state index contributed by atoms with van der Waals surface area (Å²) < 4.78 is 5.13. The van der Waals surface area contributed by atoms with Crippen LogP contribution in [0.25, 0.3) is 0 Å². The fraction of sp³-hybridized carbons (Fsp3) is 0.391. The second kappa shape index (κ2) is 9.45. The van der Waals surface area contributed by atoms with Crippen molar-refractivity contribution in [3.05, 3.63) is 53.6 Å². The fourth-order valence-corrected chi connectivity index (χ4v) is 3.54. The molecule has 2 aromatic carbocycles. The van der Waals surface area contributed by atoms with Gasteiger partial charge < -0.3 is 20.1 Å². The van der Waals surface area contributed by atoms with Crippen LogP contribution in [0.1, 0.15) is 42.1 Å². The van der Waals surface area contributed by atoms with Gasteiger partial charge in [0.25, 0.3) is 0 Å². The molecule has 0 spiro atoms. The van der Waals surface area contributed by atoms with Crippen molar-refractivity contribution < 1.29 is 19.4 Å². The van der Waals surface area contributed by atoms with Gasteiger partial charge in [-0.05, 0) is 61.1 Å². The summed E-state index contributed by atoms with van der Waals surface area (Å²) in [5.74, 6) is 0.229. The Morgan fingerprint density at radius 2 is 1.83 bits per heavy atom. The lowest BCUT2D eigenvalue weighted by molar-refractivity contribution is -0.116. The van der Waals surface area contributed by atoms with Crippen LogP contribution in [0.15, 0.2) is 42.5 Å². The fourth-order valence-electron chi connectivity index (χ4n) is 3.54. The number of carbonyl (C=O) groups excluding carboxylic acids is 1. The molecule has 0 unspecified atom stereocenters. The normalized spacial score (nSPS) is 14.5. The summed E-state index contributed by atoms with van der Waals surface area (Å²) in [7, 11) is 1.61. The first-order chi connectivity index (χ1) is 14.0. The van der Waals surface area contributed by atoms with Crippen molar-refractivity contribution in [2.75, 3.05) is 30.4 Å². The third kappa shape index (κ3) is 5.50. The van der Waals surface area contributed by atoms with E-state index >= 15 is 0 Å². The molecular weight excluding hydrogens is 368 g/mol. The molecule has 0 radical (unpaired) electrons. The van der Waals surface area contributed by atoms with Gasteiger partial charge in [-0.2, -0.15) is 0 Å². The van der Waals surface area contributed by atoms with E-state index in [4.69, 9.17) is 4.74 Å². The van der Waals surface area contributed by atoms with E-state index in [0.29, 0.717) is 18.0 Å². The molecule has 3 rings (SSSR count). The molecule has 29 heavy (non-hydrogen) atoms. The smallest absolute Gasteiger partial charge is 0.337 e. The lowest BCUT2D eigenvalue weighted by Gasteiger charge is -2.32. The highest BCUT2D eigenvalue weighted by atomic mass is 16.5. The Balaban J connectivity index is 1.64. The van der Waals surface area contributed by atoms with Crippen molar-refractivity contribution in [3.8, 4) is 5.75 Å². The van der Waals surface area contributed by atoms with Crippen molar-refractivity contribution in [3.63, 3.8) is 0 Å². The van der Waals surface area contributed by atoms with Crippen LogP contribution in [0, 0.1) is 5.92 Å². The average molecular weight is 396 g/mol. The highest BCUT2D eigenvalue weighted by Gasteiger charge is 2.19. The Hall–Kier alpha value is -3.02. The minimum Gasteiger partial charge on any atom is -0.497 e. The molecule has 0 aliphatic carbocycles. The number of nitrogens with zero attached hydrogens (tertiary/aromatic N) is 1. The molecular formula is C23H28N2O4. The Bertz CT molecular complexity index is 856. The number of aryl methyl sites for hydroxylation is 1. The van der Waals surface area contributed by atoms with Crippen molar-refractivity contribution in [1.82, 2.24) is 0 Å². The minimum atomic E-state index is -1.04. The van der Waals surface area contributed by atoms with Crippen LogP contribution in [-0.2, 0) is 11.2 Å². The maximum atomic E-state index is 12.4. The molecule has 6 nitrogen and oxygen atoms in total. The summed E-state index contributed by atoms with van der Waals surface area (Å²) in [6.45, 7) is 4.09. The number of carboxylic acids is 1. The zero-order valence-corrected chi connectivity index (χ0v) is 17.0. The Morgan fingerprint density at radius 1 is 1.14 bits per heavy atom. The van der Waals surface area contributed by atoms with Gasteiger partial charge in [-0.15, -0.1) is 0 Å². The predicted octanol–water partition coefficient (Wildman–Crippen LogP) is 4.20. The van der Waals surface area contributed by atoms with E-state index in [1.54, 1.807) is 19.2 Å². The number of carbonyl (C=O) groups is 2. The predicted molar refractivity (Wildman–Crippen MR) is 114 cm³/mol. The first-order valence-electron chi connectivity index (χ1n) is 10.0. The van der Waals surface area contributed by atoms with E-state index in [-0.39, 0.29) is 17.9 Å². The SMILES string of the molecule is COc1ccc(CCC(=O)Nc2ccc(N3CCC(C)CC3)cc2C(=O)O)cc1. The zero-order chi connectivity index (χ0) is 20.8. The second-order valence-corrected chi connectivity index (χ2v) is 7.60. The van der Waals surface area contributed by atoms with Gasteiger partial charge in [0.15, 0.2) is 0 Å². The number of amides is 1. The minimum absolute atomic E-state index is 0.124. The first kappa shape index (κ1) is 20.7. The number of methoxy groups -OCH3 is 1. The maximum Gasteiger partial charge on any atom is 0.337 e. The van der Waals surface area contributed by atoms with E-state index in [2.05, 4.69) is 17.1 Å². The highest BCUT2D eigenvalue weighted by Crippen LogP contribution is 2.27. The molecule has 1 fully saturated rings. The van der Waals surface area contributed by atoms with Gasteiger partial charge >= 0.3 is 5.97 Å². The molecule has 1 heterocycles. The Morgan fingerprint density at radius 3 is 2.45 bits per heavy atom. The number of hydrogen-bond donors (Lipinski definition) is 2. The van der Waals surface area contributed by atoms with Crippen LogP contribution in [0.5, 0.6) is 5.75 Å². The van der Waals surface area contributed by atoms with Gasteiger partial charge in [0, 0.05) is 25.2 Å². The summed E-state index contributed by atoms with van der Waals surface area (Å²) in [5, 5.41) is 12.4. The van der Waals surface area contributed by atoms with Crippen LogP contribution < -0.4 is 15.0 Å². The number of benzene rings is 2. The van der Waals surface area contributed by atoms with Gasteiger partial charge in [0.05, 0.1) is 18.4 Å². The van der Waals surface area contributed by atoms with Crippen molar-refractivity contribution >= 4 is 23.3 Å². The molecule has 0 saturated carbocycles. The van der Waals surface area contributed by atoms with Gasteiger partial charge in [-0.1, -0.05) is 19.1 Å². The van der Waals surface area contributed by atoms with E-state index < -0.39 is 5.97 Å². The Labute approximate surface area is 171 Å². The summed E-state index contributed by atoms with van der Waals surface area (Å²) >= 11 is 0. The molecule has 2 N–H and O–H groups in total. The summed E-state index contributed by atoms with van der Waals surface area (Å²) in [5.41, 5.74) is 2.38. The number of piperidine rings is 1. The second-order valence-electron chi connectivity index (χ2n) is 7.60. The van der Waals surface area contributed by atoms with Crippen molar-refractivity contribution in [2.45, 2.75) is 32.6 Å². The third-order valence-electron chi connectivity index (χ3n) is 5.46. The third-order valence-corrected chi connectivity index (χ3v) is 5.46. The van der Waals surface area contributed by atoms with E-state index in [9.17, 15) is 14.7 Å². The molecule has 1 aliphatic rings. The quantitative estimate of drug-likeness (QED) is 0.733. The highest BCUT2D eigenvalue weighted by molar-refractivity contribution is 6.01. The lowest BCUT2D eigenvalue weighted by atomic mass is 9.98. The van der Waals surface area contributed by atoms with Crippen LogP contribution in [0.2, 0.25) is 0 Å². The number of aromatic carboxylic acids is 1. The van der Waals surface area contributed by atoms with E-state index in [1.807, 2.05) is 30.3 Å². The molecule has 0 bridgehead atoms. The molecule has 2 aromatic rings. The van der Waals surface area contributed by atoms with Crippen LogP contribution in [-0.4, -0.2) is 37.2 Å². The number of nitrogens with one attached hydrogen (secondary N) is 1. The summed E-state index contributed by atoms with van der Waals surface area (Å²) in [6.07, 6.45) is 3.05. The molecule has 0 atom stereocenters. The molecule has 154 valence electrons. The van der Waals surface area contributed by atoms with Gasteiger partial charge in [0.1, 0.15) is 5.75 Å². The van der Waals surface area contributed by atoms with Crippen molar-refractivity contribution in [1.29, 1.82) is 0 Å². The molecule has 0 aromatic heterocycles. The number of hydrogen-bond acceptors (Lipinski definition) is 4. The Kier molecular flexibility index (Phi) is 6.75. The monoisotopic (exact) mass is 396 g/mol. The van der Waals surface area contributed by atoms with Gasteiger partial charge in [-0.25, -0.2) is 4.79 Å². The first-order valence-corrected chi connectivity index (χ1v) is 10.0. The van der Waals surface area contributed by atoms with Gasteiger partial charge in [-0.3, -0.25) is 4.79 Å².